The van der Waals surface area contributed by atoms with E-state index in [1.54, 1.807) is 0 Å². The molecule has 2 rings (SSSR count). The monoisotopic (exact) mass is 387 g/mol. The van der Waals surface area contributed by atoms with Crippen molar-refractivity contribution in [2.75, 3.05) is 31.5 Å². The van der Waals surface area contributed by atoms with Gasteiger partial charge in [0.05, 0.1) is 0 Å². The summed E-state index contributed by atoms with van der Waals surface area (Å²) in [5.74, 6) is 0.632. The molecule has 1 heterocycles. The Hall–Kier alpha value is -2.57. The van der Waals surface area contributed by atoms with Gasteiger partial charge in [-0.3, -0.25) is 9.59 Å². The summed E-state index contributed by atoms with van der Waals surface area (Å²) in [6, 6.07) is 7.97. The van der Waals surface area contributed by atoms with Crippen LogP contribution in [0.15, 0.2) is 29.3 Å². The van der Waals surface area contributed by atoms with E-state index < -0.39 is 0 Å². The number of rotatable bonds is 7. The van der Waals surface area contributed by atoms with Crippen molar-refractivity contribution in [1.29, 1.82) is 0 Å². The summed E-state index contributed by atoms with van der Waals surface area (Å²) in [6.45, 7) is 10.1. The predicted octanol–water partition coefficient (Wildman–Crippen LogP) is 2.00. The predicted molar refractivity (Wildman–Crippen MR) is 113 cm³/mol. The van der Waals surface area contributed by atoms with E-state index in [4.69, 9.17) is 0 Å². The van der Waals surface area contributed by atoms with Crippen LogP contribution in [0.1, 0.15) is 39.7 Å². The molecule has 0 saturated carbocycles. The van der Waals surface area contributed by atoms with Gasteiger partial charge >= 0.3 is 0 Å². The lowest BCUT2D eigenvalue weighted by Crippen LogP contribution is -2.45. The molecule has 7 nitrogen and oxygen atoms in total. The summed E-state index contributed by atoms with van der Waals surface area (Å²) in [6.07, 6.45) is 1.80. The maximum atomic E-state index is 12.2. The van der Waals surface area contributed by atoms with Crippen molar-refractivity contribution in [3.8, 4) is 0 Å². The number of aryl methyl sites for hydroxylation is 1. The first kappa shape index (κ1) is 21.7. The summed E-state index contributed by atoms with van der Waals surface area (Å²) in [5.41, 5.74) is 1.97. The van der Waals surface area contributed by atoms with Gasteiger partial charge in [-0.2, -0.15) is 0 Å². The molecule has 7 heteroatoms. The molecule has 0 bridgehead atoms. The van der Waals surface area contributed by atoms with Gasteiger partial charge in [-0.25, -0.2) is 4.99 Å². The maximum Gasteiger partial charge on any atom is 0.246 e. The Kier molecular flexibility index (Phi) is 8.29. The fourth-order valence-corrected chi connectivity index (χ4v) is 3.18. The van der Waals surface area contributed by atoms with E-state index in [0.29, 0.717) is 19.0 Å². The van der Waals surface area contributed by atoms with Crippen LogP contribution in [0.3, 0.4) is 0 Å². The summed E-state index contributed by atoms with van der Waals surface area (Å²) in [5, 5.41) is 9.40. The van der Waals surface area contributed by atoms with Crippen molar-refractivity contribution < 1.29 is 9.59 Å². The zero-order valence-corrected chi connectivity index (χ0v) is 17.4. The first-order valence-electron chi connectivity index (χ1n) is 10.1. The molecule has 1 aromatic rings. The second-order valence-electron chi connectivity index (χ2n) is 7.37. The van der Waals surface area contributed by atoms with Crippen molar-refractivity contribution in [2.24, 2.45) is 10.9 Å². The average Bonchev–Trinajstić information content (AvgIpc) is 3.14. The van der Waals surface area contributed by atoms with Crippen LogP contribution in [0.2, 0.25) is 0 Å². The van der Waals surface area contributed by atoms with E-state index in [0.717, 1.165) is 25.1 Å². The Morgan fingerprint density at radius 2 is 2.07 bits per heavy atom. The summed E-state index contributed by atoms with van der Waals surface area (Å²) in [7, 11) is 0. The van der Waals surface area contributed by atoms with E-state index in [1.165, 1.54) is 5.56 Å². The van der Waals surface area contributed by atoms with Gasteiger partial charge in [0.2, 0.25) is 11.8 Å². The van der Waals surface area contributed by atoms with Crippen molar-refractivity contribution in [3.05, 3.63) is 29.8 Å². The highest BCUT2D eigenvalue weighted by atomic mass is 16.2. The molecule has 3 N–H and O–H groups in total. The summed E-state index contributed by atoms with van der Waals surface area (Å²) < 4.78 is 0. The third-order valence-electron chi connectivity index (χ3n) is 4.68. The third kappa shape index (κ3) is 6.55. The van der Waals surface area contributed by atoms with Crippen molar-refractivity contribution >= 4 is 23.5 Å². The number of carbonyl (C=O) groups excluding carboxylic acids is 2. The number of benzene rings is 1. The number of hydrogen-bond acceptors (Lipinski definition) is 3. The van der Waals surface area contributed by atoms with Gasteiger partial charge < -0.3 is 20.9 Å². The summed E-state index contributed by atoms with van der Waals surface area (Å²) in [4.78, 5) is 30.7. The van der Waals surface area contributed by atoms with E-state index in [2.05, 4.69) is 27.9 Å². The zero-order chi connectivity index (χ0) is 20.5. The number of anilines is 1. The summed E-state index contributed by atoms with van der Waals surface area (Å²) >= 11 is 0. The minimum Gasteiger partial charge on any atom is -0.357 e. The fourth-order valence-electron chi connectivity index (χ4n) is 3.18. The van der Waals surface area contributed by atoms with Gasteiger partial charge in [-0.1, -0.05) is 32.9 Å². The van der Waals surface area contributed by atoms with Crippen molar-refractivity contribution in [3.63, 3.8) is 0 Å². The molecular formula is C21H33N5O2. The quantitative estimate of drug-likeness (QED) is 0.493. The van der Waals surface area contributed by atoms with Gasteiger partial charge in [-0.05, 0) is 37.5 Å². The highest BCUT2D eigenvalue weighted by molar-refractivity contribution is 5.94. The van der Waals surface area contributed by atoms with Crippen LogP contribution in [-0.2, 0) is 16.0 Å². The highest BCUT2D eigenvalue weighted by Crippen LogP contribution is 2.13. The normalized spacial score (nSPS) is 17.0. The number of likely N-dealkylation sites (tertiary alicyclic amines) is 1. The topological polar surface area (TPSA) is 85.8 Å². The lowest BCUT2D eigenvalue weighted by molar-refractivity contribution is -0.133. The number of aliphatic imine (C=N–C) groups is 1. The van der Waals surface area contributed by atoms with Crippen LogP contribution < -0.4 is 16.0 Å². The lowest BCUT2D eigenvalue weighted by atomic mass is 10.1. The van der Waals surface area contributed by atoms with Gasteiger partial charge in [0.15, 0.2) is 5.96 Å². The van der Waals surface area contributed by atoms with Gasteiger partial charge in [0.25, 0.3) is 0 Å². The van der Waals surface area contributed by atoms with E-state index >= 15 is 0 Å². The number of nitrogens with zero attached hydrogens (tertiary/aromatic N) is 2. The molecule has 1 aromatic carbocycles. The largest absolute Gasteiger partial charge is 0.357 e. The minimum atomic E-state index is -0.159. The molecule has 1 atom stereocenters. The van der Waals surface area contributed by atoms with Crippen LogP contribution in [0.4, 0.5) is 5.69 Å². The zero-order valence-electron chi connectivity index (χ0n) is 17.4. The molecule has 28 heavy (non-hydrogen) atoms. The molecule has 1 fully saturated rings. The van der Waals surface area contributed by atoms with Crippen LogP contribution in [-0.4, -0.2) is 54.9 Å². The highest BCUT2D eigenvalue weighted by Gasteiger charge is 2.27. The number of hydrogen-bond donors (Lipinski definition) is 3. The number of guanidine groups is 1. The molecule has 1 aliphatic rings. The van der Waals surface area contributed by atoms with Crippen molar-refractivity contribution in [1.82, 2.24) is 15.5 Å². The SMILES string of the molecule is CCNC(=NCC(=O)Nc1cccc(CC)c1)NC1CCN(C(=O)C(C)C)C1. The van der Waals surface area contributed by atoms with E-state index in [1.807, 2.05) is 49.9 Å². The smallest absolute Gasteiger partial charge is 0.246 e. The van der Waals surface area contributed by atoms with Crippen LogP contribution in [0.25, 0.3) is 0 Å². The minimum absolute atomic E-state index is 0.00978. The number of nitrogens with one attached hydrogen (secondary N) is 3. The van der Waals surface area contributed by atoms with Gasteiger partial charge in [0, 0.05) is 37.3 Å². The molecule has 1 unspecified atom stereocenters. The molecular weight excluding hydrogens is 354 g/mol. The average molecular weight is 388 g/mol. The Morgan fingerprint density at radius 3 is 2.75 bits per heavy atom. The van der Waals surface area contributed by atoms with E-state index in [-0.39, 0.29) is 30.3 Å². The van der Waals surface area contributed by atoms with Crippen LogP contribution >= 0.6 is 0 Å². The Balaban J connectivity index is 1.89. The second-order valence-corrected chi connectivity index (χ2v) is 7.37. The second kappa shape index (κ2) is 10.7. The lowest BCUT2D eigenvalue weighted by Gasteiger charge is -2.20. The molecule has 154 valence electrons. The van der Waals surface area contributed by atoms with E-state index in [9.17, 15) is 9.59 Å². The molecule has 1 saturated heterocycles. The molecule has 0 aromatic heterocycles. The van der Waals surface area contributed by atoms with Gasteiger partial charge in [0.1, 0.15) is 6.54 Å². The first-order chi connectivity index (χ1) is 13.4. The van der Waals surface area contributed by atoms with Gasteiger partial charge in [-0.15, -0.1) is 0 Å². The standard InChI is InChI=1S/C21H33N5O2/c1-5-16-8-7-9-17(12-16)24-19(27)13-23-21(22-6-2)25-18-10-11-26(14-18)20(28)15(3)4/h7-9,12,15,18H,5-6,10-11,13-14H2,1-4H3,(H,24,27)(H2,22,23,25). The molecule has 1 aliphatic heterocycles. The molecule has 2 amide bonds. The number of carbonyl (C=O) groups is 2. The van der Waals surface area contributed by atoms with Crippen molar-refractivity contribution in [2.45, 2.75) is 46.6 Å². The first-order valence-corrected chi connectivity index (χ1v) is 10.1. The Morgan fingerprint density at radius 1 is 1.29 bits per heavy atom. The molecule has 0 radical (unpaired) electrons. The molecule has 0 aliphatic carbocycles. The van der Waals surface area contributed by atoms with Crippen LogP contribution in [0.5, 0.6) is 0 Å². The maximum absolute atomic E-state index is 12.2. The fraction of sp³-hybridized carbons (Fsp3) is 0.571. The number of amides is 2. The third-order valence-corrected chi connectivity index (χ3v) is 4.68. The Labute approximate surface area is 168 Å². The Bertz CT molecular complexity index is 702. The van der Waals surface area contributed by atoms with Crippen LogP contribution in [0, 0.1) is 5.92 Å². The molecule has 0 spiro atoms.